The third-order valence-corrected chi connectivity index (χ3v) is 3.12. The van der Waals surface area contributed by atoms with E-state index in [1.165, 1.54) is 5.56 Å². The SMILES string of the molecule is CCc1cccc(NC(=S)Nc2cccc(OC)c2)c1. The molecule has 0 unspecified atom stereocenters. The maximum atomic E-state index is 5.31. The molecule has 2 rings (SSSR count). The zero-order chi connectivity index (χ0) is 14.4. The Morgan fingerprint density at radius 3 is 2.35 bits per heavy atom. The first-order valence-corrected chi connectivity index (χ1v) is 6.93. The summed E-state index contributed by atoms with van der Waals surface area (Å²) in [5.74, 6) is 0.797. The van der Waals surface area contributed by atoms with E-state index in [1.807, 2.05) is 36.4 Å². The molecule has 2 aromatic rings. The topological polar surface area (TPSA) is 33.3 Å². The van der Waals surface area contributed by atoms with Gasteiger partial charge in [-0.25, -0.2) is 0 Å². The molecule has 0 spiro atoms. The van der Waals surface area contributed by atoms with E-state index in [4.69, 9.17) is 17.0 Å². The molecule has 0 saturated carbocycles. The standard InChI is InChI=1S/C16H18N2OS/c1-3-12-6-4-7-13(10-12)17-16(20)18-14-8-5-9-15(11-14)19-2/h4-11H,3H2,1-2H3,(H2,17,18,20). The summed E-state index contributed by atoms with van der Waals surface area (Å²) < 4.78 is 5.18. The van der Waals surface area contributed by atoms with E-state index in [-0.39, 0.29) is 0 Å². The minimum Gasteiger partial charge on any atom is -0.497 e. The molecule has 0 saturated heterocycles. The van der Waals surface area contributed by atoms with Crippen molar-refractivity contribution < 1.29 is 4.74 Å². The number of benzene rings is 2. The molecule has 0 radical (unpaired) electrons. The van der Waals surface area contributed by atoms with Crippen molar-refractivity contribution in [2.45, 2.75) is 13.3 Å². The van der Waals surface area contributed by atoms with Gasteiger partial charge in [0.05, 0.1) is 7.11 Å². The molecule has 0 aliphatic heterocycles. The number of hydrogen-bond acceptors (Lipinski definition) is 2. The number of hydrogen-bond donors (Lipinski definition) is 2. The average molecular weight is 286 g/mol. The number of nitrogens with one attached hydrogen (secondary N) is 2. The van der Waals surface area contributed by atoms with Crippen LogP contribution in [0.25, 0.3) is 0 Å². The van der Waals surface area contributed by atoms with Gasteiger partial charge < -0.3 is 15.4 Å². The van der Waals surface area contributed by atoms with E-state index < -0.39 is 0 Å². The highest BCUT2D eigenvalue weighted by atomic mass is 32.1. The number of ether oxygens (including phenoxy) is 1. The smallest absolute Gasteiger partial charge is 0.175 e. The molecule has 0 atom stereocenters. The summed E-state index contributed by atoms with van der Waals surface area (Å²) in [5, 5.41) is 6.89. The predicted octanol–water partition coefficient (Wildman–Crippen LogP) is 4.07. The summed E-state index contributed by atoms with van der Waals surface area (Å²) in [5.41, 5.74) is 3.16. The van der Waals surface area contributed by atoms with Crippen molar-refractivity contribution in [3.63, 3.8) is 0 Å². The predicted molar refractivity (Wildman–Crippen MR) is 88.7 cm³/mol. The first-order valence-electron chi connectivity index (χ1n) is 6.52. The van der Waals surface area contributed by atoms with Crippen LogP contribution in [0.2, 0.25) is 0 Å². The number of anilines is 2. The Morgan fingerprint density at radius 2 is 1.70 bits per heavy atom. The highest BCUT2D eigenvalue weighted by molar-refractivity contribution is 7.80. The van der Waals surface area contributed by atoms with Gasteiger partial charge in [-0.2, -0.15) is 0 Å². The molecular formula is C16H18N2OS. The Hall–Kier alpha value is -2.07. The van der Waals surface area contributed by atoms with Gasteiger partial charge in [0.1, 0.15) is 5.75 Å². The normalized spacial score (nSPS) is 9.90. The maximum absolute atomic E-state index is 5.31. The minimum atomic E-state index is 0.562. The first-order chi connectivity index (χ1) is 9.71. The van der Waals surface area contributed by atoms with Gasteiger partial charge in [0.15, 0.2) is 5.11 Å². The number of rotatable bonds is 4. The van der Waals surface area contributed by atoms with Gasteiger partial charge in [-0.15, -0.1) is 0 Å². The van der Waals surface area contributed by atoms with E-state index >= 15 is 0 Å². The second-order valence-electron chi connectivity index (χ2n) is 4.37. The van der Waals surface area contributed by atoms with Crippen LogP contribution in [0, 0.1) is 0 Å². The van der Waals surface area contributed by atoms with Crippen molar-refractivity contribution in [1.29, 1.82) is 0 Å². The van der Waals surface area contributed by atoms with Crippen LogP contribution in [-0.4, -0.2) is 12.2 Å². The van der Waals surface area contributed by atoms with Crippen LogP contribution >= 0.6 is 12.2 Å². The van der Waals surface area contributed by atoms with Crippen molar-refractivity contribution in [3.8, 4) is 5.75 Å². The summed E-state index contributed by atoms with van der Waals surface area (Å²) in [6, 6.07) is 15.9. The fraction of sp³-hybridized carbons (Fsp3) is 0.188. The molecule has 0 amide bonds. The van der Waals surface area contributed by atoms with Crippen molar-refractivity contribution in [2.24, 2.45) is 0 Å². The lowest BCUT2D eigenvalue weighted by atomic mass is 10.1. The third-order valence-electron chi connectivity index (χ3n) is 2.92. The maximum Gasteiger partial charge on any atom is 0.175 e. The lowest BCUT2D eigenvalue weighted by molar-refractivity contribution is 0.415. The summed E-state index contributed by atoms with van der Waals surface area (Å²) in [6.07, 6.45) is 1.01. The van der Waals surface area contributed by atoms with Gasteiger partial charge >= 0.3 is 0 Å². The lowest BCUT2D eigenvalue weighted by Gasteiger charge is -2.12. The van der Waals surface area contributed by atoms with Crippen molar-refractivity contribution >= 4 is 28.7 Å². The van der Waals surface area contributed by atoms with Crippen LogP contribution in [0.1, 0.15) is 12.5 Å². The van der Waals surface area contributed by atoms with E-state index in [0.29, 0.717) is 5.11 Å². The van der Waals surface area contributed by atoms with E-state index in [1.54, 1.807) is 7.11 Å². The summed E-state index contributed by atoms with van der Waals surface area (Å²) in [4.78, 5) is 0. The van der Waals surface area contributed by atoms with Gasteiger partial charge in [0.25, 0.3) is 0 Å². The summed E-state index contributed by atoms with van der Waals surface area (Å²) >= 11 is 5.31. The zero-order valence-corrected chi connectivity index (χ0v) is 12.5. The second-order valence-corrected chi connectivity index (χ2v) is 4.77. The molecule has 0 aliphatic rings. The number of aryl methyl sites for hydroxylation is 1. The monoisotopic (exact) mass is 286 g/mol. The third kappa shape index (κ3) is 3.96. The minimum absolute atomic E-state index is 0.562. The Labute approximate surface area is 125 Å². The average Bonchev–Trinajstić information content (AvgIpc) is 2.47. The molecular weight excluding hydrogens is 268 g/mol. The van der Waals surface area contributed by atoms with Crippen LogP contribution in [0.3, 0.4) is 0 Å². The molecule has 0 bridgehead atoms. The van der Waals surface area contributed by atoms with Crippen molar-refractivity contribution in [2.75, 3.05) is 17.7 Å². The lowest BCUT2D eigenvalue weighted by Crippen LogP contribution is -2.19. The molecule has 2 N–H and O–H groups in total. The molecule has 0 fully saturated rings. The van der Waals surface area contributed by atoms with Gasteiger partial charge in [0, 0.05) is 17.4 Å². The van der Waals surface area contributed by atoms with Gasteiger partial charge in [0.2, 0.25) is 0 Å². The fourth-order valence-electron chi connectivity index (χ4n) is 1.86. The summed E-state index contributed by atoms with van der Waals surface area (Å²) in [7, 11) is 1.64. The molecule has 3 nitrogen and oxygen atoms in total. The Balaban J connectivity index is 2.01. The number of thiocarbonyl (C=S) groups is 1. The number of methoxy groups -OCH3 is 1. The Kier molecular flexibility index (Phi) is 4.96. The highest BCUT2D eigenvalue weighted by Gasteiger charge is 2.01. The molecule has 2 aromatic carbocycles. The molecule has 104 valence electrons. The van der Waals surface area contributed by atoms with E-state index in [2.05, 4.69) is 29.7 Å². The van der Waals surface area contributed by atoms with E-state index in [9.17, 15) is 0 Å². The molecule has 0 aromatic heterocycles. The van der Waals surface area contributed by atoms with Crippen LogP contribution in [-0.2, 0) is 6.42 Å². The van der Waals surface area contributed by atoms with Crippen molar-refractivity contribution in [1.82, 2.24) is 0 Å². The van der Waals surface area contributed by atoms with Crippen LogP contribution in [0.5, 0.6) is 5.75 Å². The van der Waals surface area contributed by atoms with Gasteiger partial charge in [-0.1, -0.05) is 25.1 Å². The Morgan fingerprint density at radius 1 is 1.05 bits per heavy atom. The largest absolute Gasteiger partial charge is 0.497 e. The second kappa shape index (κ2) is 6.91. The molecule has 4 heteroatoms. The quantitative estimate of drug-likeness (QED) is 0.830. The van der Waals surface area contributed by atoms with Gasteiger partial charge in [-0.3, -0.25) is 0 Å². The van der Waals surface area contributed by atoms with Crippen LogP contribution in [0.4, 0.5) is 11.4 Å². The zero-order valence-electron chi connectivity index (χ0n) is 11.6. The Bertz CT molecular complexity index is 547. The molecule has 0 heterocycles. The van der Waals surface area contributed by atoms with Crippen LogP contribution in [0.15, 0.2) is 48.5 Å². The van der Waals surface area contributed by atoms with Gasteiger partial charge in [-0.05, 0) is 48.5 Å². The first kappa shape index (κ1) is 14.3. The van der Waals surface area contributed by atoms with E-state index in [0.717, 1.165) is 23.5 Å². The summed E-state index contributed by atoms with van der Waals surface area (Å²) in [6.45, 7) is 2.13. The molecule has 0 aliphatic carbocycles. The fourth-order valence-corrected chi connectivity index (χ4v) is 2.10. The van der Waals surface area contributed by atoms with Crippen LogP contribution < -0.4 is 15.4 Å². The molecule has 20 heavy (non-hydrogen) atoms. The highest BCUT2D eigenvalue weighted by Crippen LogP contribution is 2.17. The van der Waals surface area contributed by atoms with Crippen molar-refractivity contribution in [3.05, 3.63) is 54.1 Å².